The number of rotatable bonds is 10. The topological polar surface area (TPSA) is 69.4 Å². The van der Waals surface area contributed by atoms with Crippen LogP contribution in [0.25, 0.3) is 0 Å². The van der Waals surface area contributed by atoms with Crippen molar-refractivity contribution in [3.8, 4) is 0 Å². The lowest BCUT2D eigenvalue weighted by Crippen LogP contribution is -2.26. The zero-order valence-electron chi connectivity index (χ0n) is 10.4. The Morgan fingerprint density at radius 3 is 2.38 bits per heavy atom. The number of hydrogen-bond acceptors (Lipinski definition) is 3. The first-order chi connectivity index (χ1) is 7.49. The normalized spacial score (nSPS) is 13.9. The third kappa shape index (κ3) is 10.4. The Morgan fingerprint density at radius 2 is 1.88 bits per heavy atom. The molecule has 0 aliphatic rings. The van der Waals surface area contributed by atoms with Crippen molar-refractivity contribution >= 4 is 10.0 Å². The molecule has 0 radical (unpaired) electrons. The van der Waals surface area contributed by atoms with Crippen LogP contribution in [0.15, 0.2) is 0 Å². The van der Waals surface area contributed by atoms with Gasteiger partial charge >= 0.3 is 0 Å². The summed E-state index contributed by atoms with van der Waals surface area (Å²) in [4.78, 5) is 0. The van der Waals surface area contributed by atoms with Crippen molar-refractivity contribution in [2.45, 2.75) is 46.0 Å². The van der Waals surface area contributed by atoms with Gasteiger partial charge in [0.05, 0.1) is 12.4 Å². The summed E-state index contributed by atoms with van der Waals surface area (Å²) in [5.74, 6) is 0.0795. The summed E-state index contributed by atoms with van der Waals surface area (Å²) in [6.45, 7) is 5.40. The van der Waals surface area contributed by atoms with Gasteiger partial charge in [0.2, 0.25) is 10.0 Å². The van der Waals surface area contributed by atoms with Crippen LogP contribution in [-0.2, 0) is 14.8 Å². The molecule has 2 N–H and O–H groups in total. The molecule has 0 heterocycles. The van der Waals surface area contributed by atoms with E-state index < -0.39 is 10.0 Å². The predicted molar refractivity (Wildman–Crippen MR) is 66.7 cm³/mol. The standard InChI is InChI=1S/C11H25NO3S/c1-3-5-6-8-15-9-11(7-4-2)10-16(12,13)14/h11H,3-10H2,1-2H3,(H2,12,13,14). The summed E-state index contributed by atoms with van der Waals surface area (Å²) in [7, 11) is -3.37. The van der Waals surface area contributed by atoms with Crippen molar-refractivity contribution in [3.63, 3.8) is 0 Å². The second kappa shape index (κ2) is 8.96. The van der Waals surface area contributed by atoms with Gasteiger partial charge in [-0.25, -0.2) is 13.6 Å². The summed E-state index contributed by atoms with van der Waals surface area (Å²) >= 11 is 0. The first kappa shape index (κ1) is 15.9. The first-order valence-electron chi connectivity index (χ1n) is 6.07. The second-order valence-corrected chi connectivity index (χ2v) is 5.93. The van der Waals surface area contributed by atoms with Gasteiger partial charge in [-0.3, -0.25) is 0 Å². The van der Waals surface area contributed by atoms with Gasteiger partial charge in [-0.1, -0.05) is 33.1 Å². The highest BCUT2D eigenvalue weighted by Gasteiger charge is 2.15. The maximum Gasteiger partial charge on any atom is 0.209 e. The quantitative estimate of drug-likeness (QED) is 0.603. The minimum Gasteiger partial charge on any atom is -0.381 e. The van der Waals surface area contributed by atoms with E-state index in [-0.39, 0.29) is 11.7 Å². The SMILES string of the molecule is CCCCCOCC(CCC)CS(N)(=O)=O. The van der Waals surface area contributed by atoms with Gasteiger partial charge in [-0.2, -0.15) is 0 Å². The van der Waals surface area contributed by atoms with Gasteiger partial charge in [-0.05, 0) is 18.8 Å². The molecule has 0 bridgehead atoms. The number of unbranched alkanes of at least 4 members (excludes halogenated alkanes) is 2. The lowest BCUT2D eigenvalue weighted by Gasteiger charge is -2.14. The van der Waals surface area contributed by atoms with E-state index in [0.717, 1.165) is 32.3 Å². The van der Waals surface area contributed by atoms with Crippen molar-refractivity contribution in [1.29, 1.82) is 0 Å². The number of primary sulfonamides is 1. The van der Waals surface area contributed by atoms with Gasteiger partial charge in [0, 0.05) is 6.61 Å². The van der Waals surface area contributed by atoms with Crippen LogP contribution < -0.4 is 5.14 Å². The predicted octanol–water partition coefficient (Wildman–Crippen LogP) is 1.90. The summed E-state index contributed by atoms with van der Waals surface area (Å²) in [6, 6.07) is 0. The van der Waals surface area contributed by atoms with Gasteiger partial charge in [-0.15, -0.1) is 0 Å². The molecule has 0 amide bonds. The molecule has 0 aromatic rings. The number of nitrogens with two attached hydrogens (primary N) is 1. The van der Waals surface area contributed by atoms with Crippen LogP contribution in [0.5, 0.6) is 0 Å². The second-order valence-electron chi connectivity index (χ2n) is 4.27. The van der Waals surface area contributed by atoms with E-state index >= 15 is 0 Å². The van der Waals surface area contributed by atoms with E-state index in [4.69, 9.17) is 9.88 Å². The summed E-state index contributed by atoms with van der Waals surface area (Å²) in [5, 5.41) is 5.04. The Hall–Kier alpha value is -0.130. The Labute approximate surface area is 99.6 Å². The summed E-state index contributed by atoms with van der Waals surface area (Å²) < 4.78 is 27.4. The van der Waals surface area contributed by atoms with Crippen molar-refractivity contribution in [2.75, 3.05) is 19.0 Å². The first-order valence-corrected chi connectivity index (χ1v) is 7.79. The van der Waals surface area contributed by atoms with Crippen molar-refractivity contribution in [2.24, 2.45) is 11.1 Å². The molecule has 0 saturated heterocycles. The van der Waals surface area contributed by atoms with Gasteiger partial charge < -0.3 is 4.74 Å². The molecule has 1 atom stereocenters. The molecule has 5 heteroatoms. The summed E-state index contributed by atoms with van der Waals surface area (Å²) in [6.07, 6.45) is 5.18. The van der Waals surface area contributed by atoms with Gasteiger partial charge in [0.1, 0.15) is 0 Å². The molecule has 0 aliphatic carbocycles. The van der Waals surface area contributed by atoms with Crippen LogP contribution in [0.1, 0.15) is 46.0 Å². The van der Waals surface area contributed by atoms with E-state index in [1.54, 1.807) is 0 Å². The van der Waals surface area contributed by atoms with E-state index in [1.807, 2.05) is 6.92 Å². The average Bonchev–Trinajstić information content (AvgIpc) is 2.15. The molecular formula is C11H25NO3S. The largest absolute Gasteiger partial charge is 0.381 e. The Balaban J connectivity index is 3.77. The maximum absolute atomic E-state index is 11.0. The van der Waals surface area contributed by atoms with Crippen LogP contribution in [0.2, 0.25) is 0 Å². The average molecular weight is 251 g/mol. The zero-order valence-corrected chi connectivity index (χ0v) is 11.3. The number of ether oxygens (including phenoxy) is 1. The molecule has 0 aromatic heterocycles. The highest BCUT2D eigenvalue weighted by Crippen LogP contribution is 2.09. The minimum atomic E-state index is -3.37. The third-order valence-corrected chi connectivity index (χ3v) is 3.35. The fraction of sp³-hybridized carbons (Fsp3) is 1.00. The Bertz CT molecular complexity index is 252. The zero-order chi connectivity index (χ0) is 12.4. The molecule has 1 unspecified atom stereocenters. The molecule has 0 saturated carbocycles. The highest BCUT2D eigenvalue weighted by molar-refractivity contribution is 7.89. The minimum absolute atomic E-state index is 0.0363. The molecule has 0 aliphatic heterocycles. The molecule has 0 fully saturated rings. The van der Waals surface area contributed by atoms with Crippen molar-refractivity contribution < 1.29 is 13.2 Å². The highest BCUT2D eigenvalue weighted by atomic mass is 32.2. The molecule has 0 aromatic carbocycles. The molecule has 16 heavy (non-hydrogen) atoms. The molecule has 0 spiro atoms. The van der Waals surface area contributed by atoms with Gasteiger partial charge in [0.25, 0.3) is 0 Å². The van der Waals surface area contributed by atoms with Crippen LogP contribution in [0.4, 0.5) is 0 Å². The maximum atomic E-state index is 11.0. The number of sulfonamides is 1. The Kier molecular flexibility index (Phi) is 8.89. The van der Waals surface area contributed by atoms with Crippen LogP contribution in [0.3, 0.4) is 0 Å². The molecular weight excluding hydrogens is 226 g/mol. The van der Waals surface area contributed by atoms with E-state index in [2.05, 4.69) is 6.92 Å². The lowest BCUT2D eigenvalue weighted by atomic mass is 10.1. The fourth-order valence-corrected chi connectivity index (χ4v) is 2.58. The van der Waals surface area contributed by atoms with Crippen LogP contribution in [0, 0.1) is 5.92 Å². The third-order valence-electron chi connectivity index (χ3n) is 2.41. The van der Waals surface area contributed by atoms with Crippen molar-refractivity contribution in [3.05, 3.63) is 0 Å². The van der Waals surface area contributed by atoms with Crippen molar-refractivity contribution in [1.82, 2.24) is 0 Å². The van der Waals surface area contributed by atoms with E-state index in [9.17, 15) is 8.42 Å². The van der Waals surface area contributed by atoms with Crippen LogP contribution in [-0.4, -0.2) is 27.4 Å². The summed E-state index contributed by atoms with van der Waals surface area (Å²) in [5.41, 5.74) is 0. The molecule has 0 rings (SSSR count). The molecule has 98 valence electrons. The fourth-order valence-electron chi connectivity index (χ4n) is 1.66. The van der Waals surface area contributed by atoms with E-state index in [0.29, 0.717) is 6.61 Å². The Morgan fingerprint density at radius 1 is 1.19 bits per heavy atom. The van der Waals surface area contributed by atoms with E-state index in [1.165, 1.54) is 6.42 Å². The molecule has 4 nitrogen and oxygen atoms in total. The smallest absolute Gasteiger partial charge is 0.209 e. The monoisotopic (exact) mass is 251 g/mol. The number of hydrogen-bond donors (Lipinski definition) is 1. The lowest BCUT2D eigenvalue weighted by molar-refractivity contribution is 0.0994. The van der Waals surface area contributed by atoms with Gasteiger partial charge in [0.15, 0.2) is 0 Å². The van der Waals surface area contributed by atoms with Crippen LogP contribution >= 0.6 is 0 Å².